The Labute approximate surface area is 174 Å². The van der Waals surface area contributed by atoms with Crippen molar-refractivity contribution in [2.24, 2.45) is 0 Å². The average Bonchev–Trinajstić information content (AvgIpc) is 2.55. The molecule has 0 unspecified atom stereocenters. The third-order valence-corrected chi connectivity index (χ3v) is 10.4. The summed E-state index contributed by atoms with van der Waals surface area (Å²) < 4.78 is 24.3. The van der Waals surface area contributed by atoms with Crippen LogP contribution in [0.2, 0.25) is 18.1 Å². The molecule has 28 heavy (non-hydrogen) atoms. The SMILES string of the molecule is CCCCCCCCO[C@H]1C[C@@H](OC(C)=O)[C@H](O[Si](C)(C)C(C)(C)C)[C@@H](C)O1. The molecule has 4 atom stereocenters. The van der Waals surface area contributed by atoms with Crippen LogP contribution in [0.3, 0.4) is 0 Å². The molecule has 0 aliphatic carbocycles. The Bertz CT molecular complexity index is 460. The summed E-state index contributed by atoms with van der Waals surface area (Å²) in [6.45, 7) is 17.4. The summed E-state index contributed by atoms with van der Waals surface area (Å²) in [4.78, 5) is 11.7. The maximum atomic E-state index is 11.7. The summed E-state index contributed by atoms with van der Waals surface area (Å²) >= 11 is 0. The van der Waals surface area contributed by atoms with Gasteiger partial charge < -0.3 is 18.6 Å². The van der Waals surface area contributed by atoms with E-state index >= 15 is 0 Å². The molecule has 0 spiro atoms. The molecule has 6 heteroatoms. The summed E-state index contributed by atoms with van der Waals surface area (Å²) in [5, 5.41) is 0.0820. The van der Waals surface area contributed by atoms with Crippen LogP contribution in [0.4, 0.5) is 0 Å². The van der Waals surface area contributed by atoms with E-state index in [1.165, 1.54) is 39.0 Å². The Morgan fingerprint density at radius 3 is 2.29 bits per heavy atom. The van der Waals surface area contributed by atoms with Crippen molar-refractivity contribution < 1.29 is 23.4 Å². The molecule has 1 heterocycles. The van der Waals surface area contributed by atoms with E-state index in [9.17, 15) is 4.79 Å². The van der Waals surface area contributed by atoms with Gasteiger partial charge in [0.05, 0.1) is 6.10 Å². The van der Waals surface area contributed by atoms with E-state index in [0.29, 0.717) is 13.0 Å². The van der Waals surface area contributed by atoms with E-state index in [1.807, 2.05) is 6.92 Å². The van der Waals surface area contributed by atoms with Crippen molar-refractivity contribution in [3.05, 3.63) is 0 Å². The van der Waals surface area contributed by atoms with Gasteiger partial charge in [0.2, 0.25) is 0 Å². The molecule has 1 fully saturated rings. The maximum Gasteiger partial charge on any atom is 0.302 e. The molecular formula is C22H44O5Si. The molecule has 0 radical (unpaired) electrons. The van der Waals surface area contributed by atoms with Gasteiger partial charge in [0.25, 0.3) is 0 Å². The molecule has 0 N–H and O–H groups in total. The number of carbonyl (C=O) groups excluding carboxylic acids is 1. The lowest BCUT2D eigenvalue weighted by atomic mass is 10.0. The molecule has 1 aliphatic heterocycles. The minimum absolute atomic E-state index is 0.0820. The van der Waals surface area contributed by atoms with Crippen molar-refractivity contribution >= 4 is 14.3 Å². The van der Waals surface area contributed by atoms with Crippen molar-refractivity contribution in [3.8, 4) is 0 Å². The fourth-order valence-electron chi connectivity index (χ4n) is 3.22. The Morgan fingerprint density at radius 2 is 1.71 bits per heavy atom. The topological polar surface area (TPSA) is 54.0 Å². The molecule has 166 valence electrons. The highest BCUT2D eigenvalue weighted by molar-refractivity contribution is 6.74. The summed E-state index contributed by atoms with van der Waals surface area (Å²) in [7, 11) is -2.01. The number of ether oxygens (including phenoxy) is 3. The first-order valence-electron chi connectivity index (χ1n) is 11.1. The third kappa shape index (κ3) is 8.52. The lowest BCUT2D eigenvalue weighted by molar-refractivity contribution is -0.247. The number of carbonyl (C=O) groups is 1. The minimum atomic E-state index is -2.01. The van der Waals surface area contributed by atoms with E-state index in [4.69, 9.17) is 18.6 Å². The van der Waals surface area contributed by atoms with Crippen LogP contribution < -0.4 is 0 Å². The molecule has 0 bridgehead atoms. The lowest BCUT2D eigenvalue weighted by Crippen LogP contribution is -2.56. The number of unbranched alkanes of at least 4 members (excludes halogenated alkanes) is 5. The van der Waals surface area contributed by atoms with Crippen molar-refractivity contribution in [2.75, 3.05) is 6.61 Å². The van der Waals surface area contributed by atoms with Crippen molar-refractivity contribution in [1.82, 2.24) is 0 Å². The zero-order valence-electron chi connectivity index (χ0n) is 19.5. The van der Waals surface area contributed by atoms with Crippen LogP contribution in [0, 0.1) is 0 Å². The molecule has 0 aromatic heterocycles. The van der Waals surface area contributed by atoms with E-state index in [0.717, 1.165) is 6.42 Å². The first-order chi connectivity index (χ1) is 13.0. The predicted octanol–water partition coefficient (Wildman–Crippen LogP) is 5.82. The first-order valence-corrected chi connectivity index (χ1v) is 14.0. The van der Waals surface area contributed by atoms with Crippen LogP contribution in [0.15, 0.2) is 0 Å². The Morgan fingerprint density at radius 1 is 1.11 bits per heavy atom. The van der Waals surface area contributed by atoms with Gasteiger partial charge in [0, 0.05) is 20.0 Å². The Hall–Kier alpha value is -0.433. The third-order valence-electron chi connectivity index (χ3n) is 5.98. The molecule has 0 amide bonds. The normalized spacial score (nSPS) is 26.3. The smallest absolute Gasteiger partial charge is 0.302 e. The molecule has 0 saturated carbocycles. The fourth-order valence-corrected chi connectivity index (χ4v) is 4.60. The second-order valence-corrected chi connectivity index (χ2v) is 14.4. The minimum Gasteiger partial charge on any atom is -0.460 e. The second kappa shape index (κ2) is 11.7. The van der Waals surface area contributed by atoms with E-state index in [-0.39, 0.29) is 35.6 Å². The fraction of sp³-hybridized carbons (Fsp3) is 0.955. The van der Waals surface area contributed by atoms with Crippen LogP contribution in [0.1, 0.15) is 86.5 Å². The van der Waals surface area contributed by atoms with Crippen LogP contribution >= 0.6 is 0 Å². The maximum absolute atomic E-state index is 11.7. The molecule has 1 saturated heterocycles. The zero-order valence-corrected chi connectivity index (χ0v) is 20.5. The molecule has 1 aliphatic rings. The highest BCUT2D eigenvalue weighted by Crippen LogP contribution is 2.39. The van der Waals surface area contributed by atoms with Gasteiger partial charge in [0.1, 0.15) is 12.2 Å². The molecule has 0 aromatic rings. The van der Waals surface area contributed by atoms with Gasteiger partial charge in [-0.05, 0) is 31.5 Å². The second-order valence-electron chi connectivity index (χ2n) is 9.64. The standard InChI is InChI=1S/C22H44O5Si/c1-9-10-11-12-13-14-15-24-20-16-19(26-18(3)23)21(17(2)25-20)27-28(7,8)22(4,5)6/h17,19-21H,9-16H2,1-8H3/t17-,19-,20-,21-/m1/s1. The van der Waals surface area contributed by atoms with Crippen molar-refractivity contribution in [2.45, 2.75) is 129 Å². The summed E-state index contributed by atoms with van der Waals surface area (Å²) in [5.41, 5.74) is 0. The summed E-state index contributed by atoms with van der Waals surface area (Å²) in [6, 6.07) is 0. The van der Waals surface area contributed by atoms with Gasteiger partial charge >= 0.3 is 5.97 Å². The van der Waals surface area contributed by atoms with Gasteiger partial charge in [-0.1, -0.05) is 59.8 Å². The molecule has 5 nitrogen and oxygen atoms in total. The number of hydrogen-bond acceptors (Lipinski definition) is 5. The highest BCUT2D eigenvalue weighted by Gasteiger charge is 2.46. The van der Waals surface area contributed by atoms with Crippen molar-refractivity contribution in [1.29, 1.82) is 0 Å². The van der Waals surface area contributed by atoms with Crippen LogP contribution in [-0.2, 0) is 23.4 Å². The van der Waals surface area contributed by atoms with E-state index < -0.39 is 8.32 Å². The molecular weight excluding hydrogens is 372 g/mol. The Balaban J connectivity index is 2.60. The van der Waals surface area contributed by atoms with E-state index in [2.05, 4.69) is 40.8 Å². The predicted molar refractivity (Wildman–Crippen MR) is 116 cm³/mol. The monoisotopic (exact) mass is 416 g/mol. The van der Waals surface area contributed by atoms with E-state index in [1.54, 1.807) is 0 Å². The van der Waals surface area contributed by atoms with Gasteiger partial charge in [-0.2, -0.15) is 0 Å². The number of hydrogen-bond donors (Lipinski definition) is 0. The Kier molecular flexibility index (Phi) is 10.7. The van der Waals surface area contributed by atoms with Crippen molar-refractivity contribution in [3.63, 3.8) is 0 Å². The van der Waals surface area contributed by atoms with Crippen LogP contribution in [-0.4, -0.2) is 45.5 Å². The first kappa shape index (κ1) is 25.6. The zero-order chi connectivity index (χ0) is 21.4. The van der Waals surface area contributed by atoms with Gasteiger partial charge in [-0.3, -0.25) is 4.79 Å². The number of esters is 1. The average molecular weight is 417 g/mol. The quantitative estimate of drug-likeness (QED) is 0.241. The van der Waals surface area contributed by atoms with Crippen LogP contribution in [0.5, 0.6) is 0 Å². The van der Waals surface area contributed by atoms with Gasteiger partial charge in [-0.25, -0.2) is 0 Å². The van der Waals surface area contributed by atoms with Gasteiger partial charge in [0.15, 0.2) is 14.6 Å². The molecule has 0 aromatic carbocycles. The van der Waals surface area contributed by atoms with Gasteiger partial charge in [-0.15, -0.1) is 0 Å². The number of rotatable bonds is 11. The summed E-state index contributed by atoms with van der Waals surface area (Å²) in [5.74, 6) is -0.280. The lowest BCUT2D eigenvalue weighted by Gasteiger charge is -2.46. The highest BCUT2D eigenvalue weighted by atomic mass is 28.4. The molecule has 1 rings (SSSR count). The summed E-state index contributed by atoms with van der Waals surface area (Å²) in [6.07, 6.45) is 6.79. The largest absolute Gasteiger partial charge is 0.460 e. The van der Waals surface area contributed by atoms with Crippen LogP contribution in [0.25, 0.3) is 0 Å².